The molecule has 19 heavy (non-hydrogen) atoms. The first-order chi connectivity index (χ1) is 9.24. The summed E-state index contributed by atoms with van der Waals surface area (Å²) in [7, 11) is 0. The number of nitrogens with one attached hydrogen (secondary N) is 1. The standard InChI is InChI=1S/C17H21NO/c1-3-14-8-6-9-15(4-2)17(14)18-12-13-7-5-10-16(19)11-13/h5-11,18-19H,3-4,12H2,1-2H3. The first kappa shape index (κ1) is 13.5. The van der Waals surface area contributed by atoms with Crippen molar-refractivity contribution in [2.75, 3.05) is 5.32 Å². The normalized spacial score (nSPS) is 10.4. The Balaban J connectivity index is 2.19. The molecule has 0 spiro atoms. The minimum absolute atomic E-state index is 0.318. The summed E-state index contributed by atoms with van der Waals surface area (Å²) in [5.41, 5.74) is 5.03. The van der Waals surface area contributed by atoms with Crippen LogP contribution in [0.15, 0.2) is 42.5 Å². The van der Waals surface area contributed by atoms with E-state index < -0.39 is 0 Å². The van der Waals surface area contributed by atoms with Gasteiger partial charge in [0.25, 0.3) is 0 Å². The highest BCUT2D eigenvalue weighted by molar-refractivity contribution is 5.58. The SMILES string of the molecule is CCc1cccc(CC)c1NCc1cccc(O)c1. The van der Waals surface area contributed by atoms with Crippen LogP contribution in [-0.4, -0.2) is 5.11 Å². The molecule has 0 aliphatic carbocycles. The van der Waals surface area contributed by atoms with Gasteiger partial charge in [0.15, 0.2) is 0 Å². The first-order valence-electron chi connectivity index (χ1n) is 6.87. The molecule has 0 atom stereocenters. The maximum atomic E-state index is 9.48. The Labute approximate surface area is 115 Å². The topological polar surface area (TPSA) is 32.3 Å². The van der Waals surface area contributed by atoms with Gasteiger partial charge in [0.05, 0.1) is 0 Å². The van der Waals surface area contributed by atoms with Gasteiger partial charge >= 0.3 is 0 Å². The Morgan fingerprint density at radius 2 is 1.58 bits per heavy atom. The van der Waals surface area contributed by atoms with Gasteiger partial charge in [0, 0.05) is 12.2 Å². The minimum Gasteiger partial charge on any atom is -0.508 e. The molecule has 2 aromatic rings. The summed E-state index contributed by atoms with van der Waals surface area (Å²) in [6.45, 7) is 5.08. The Bertz CT molecular complexity index is 526. The van der Waals surface area contributed by atoms with Gasteiger partial charge < -0.3 is 10.4 Å². The van der Waals surface area contributed by atoms with Crippen LogP contribution in [0.5, 0.6) is 5.75 Å². The molecule has 0 saturated carbocycles. The van der Waals surface area contributed by atoms with Gasteiger partial charge in [-0.15, -0.1) is 0 Å². The maximum absolute atomic E-state index is 9.48. The van der Waals surface area contributed by atoms with E-state index in [0.717, 1.165) is 24.9 Å². The third-order valence-electron chi connectivity index (χ3n) is 3.38. The Morgan fingerprint density at radius 3 is 2.16 bits per heavy atom. The quantitative estimate of drug-likeness (QED) is 0.842. The van der Waals surface area contributed by atoms with E-state index >= 15 is 0 Å². The van der Waals surface area contributed by atoms with Crippen LogP contribution in [0, 0.1) is 0 Å². The molecule has 0 aliphatic heterocycles. The predicted molar refractivity (Wildman–Crippen MR) is 80.6 cm³/mol. The molecule has 2 N–H and O–H groups in total. The molecular weight excluding hydrogens is 234 g/mol. The molecular formula is C17H21NO. The van der Waals surface area contributed by atoms with E-state index in [9.17, 15) is 5.11 Å². The maximum Gasteiger partial charge on any atom is 0.115 e. The number of rotatable bonds is 5. The van der Waals surface area contributed by atoms with Crippen molar-refractivity contribution >= 4 is 5.69 Å². The molecule has 0 unspecified atom stereocenters. The van der Waals surface area contributed by atoms with Crippen molar-refractivity contribution in [3.05, 3.63) is 59.2 Å². The molecule has 0 aromatic heterocycles. The van der Waals surface area contributed by atoms with Crippen LogP contribution in [0.4, 0.5) is 5.69 Å². The summed E-state index contributed by atoms with van der Waals surface area (Å²) in [5, 5.41) is 13.0. The second kappa shape index (κ2) is 6.28. The lowest BCUT2D eigenvalue weighted by Gasteiger charge is -2.15. The summed E-state index contributed by atoms with van der Waals surface area (Å²) >= 11 is 0. The number of phenolic OH excluding ortho intramolecular Hbond substituents is 1. The van der Waals surface area contributed by atoms with E-state index in [0.29, 0.717) is 5.75 Å². The zero-order valence-electron chi connectivity index (χ0n) is 11.6. The third-order valence-corrected chi connectivity index (χ3v) is 3.38. The number of aryl methyl sites for hydroxylation is 2. The molecule has 0 bridgehead atoms. The summed E-state index contributed by atoms with van der Waals surface area (Å²) in [4.78, 5) is 0. The predicted octanol–water partition coefficient (Wildman–Crippen LogP) is 4.13. The van der Waals surface area contributed by atoms with Gasteiger partial charge in [-0.05, 0) is 41.7 Å². The average Bonchev–Trinajstić information content (AvgIpc) is 2.44. The van der Waals surface area contributed by atoms with Crippen LogP contribution in [0.2, 0.25) is 0 Å². The Kier molecular flexibility index (Phi) is 4.45. The molecule has 0 amide bonds. The lowest BCUT2D eigenvalue weighted by atomic mass is 10.0. The fraction of sp³-hybridized carbons (Fsp3) is 0.294. The first-order valence-corrected chi connectivity index (χ1v) is 6.87. The number of phenols is 1. The fourth-order valence-electron chi connectivity index (χ4n) is 2.33. The summed E-state index contributed by atoms with van der Waals surface area (Å²) in [6.07, 6.45) is 2.05. The third kappa shape index (κ3) is 3.28. The van der Waals surface area contributed by atoms with Gasteiger partial charge in [-0.2, -0.15) is 0 Å². The number of aromatic hydroxyl groups is 1. The van der Waals surface area contributed by atoms with Crippen LogP contribution in [0.25, 0.3) is 0 Å². The molecule has 100 valence electrons. The van der Waals surface area contributed by atoms with E-state index in [1.165, 1.54) is 16.8 Å². The van der Waals surface area contributed by atoms with Gasteiger partial charge in [0.2, 0.25) is 0 Å². The zero-order valence-corrected chi connectivity index (χ0v) is 11.6. The lowest BCUT2D eigenvalue weighted by molar-refractivity contribution is 0.474. The number of anilines is 1. The smallest absolute Gasteiger partial charge is 0.115 e. The average molecular weight is 255 g/mol. The van der Waals surface area contributed by atoms with Crippen molar-refractivity contribution < 1.29 is 5.11 Å². The molecule has 0 aliphatic rings. The molecule has 2 aromatic carbocycles. The second-order valence-electron chi connectivity index (χ2n) is 4.68. The van der Waals surface area contributed by atoms with Crippen molar-refractivity contribution in [3.63, 3.8) is 0 Å². The van der Waals surface area contributed by atoms with Crippen LogP contribution in [0.1, 0.15) is 30.5 Å². The van der Waals surface area contributed by atoms with Crippen LogP contribution < -0.4 is 5.32 Å². The summed E-state index contributed by atoms with van der Waals surface area (Å²) in [5.74, 6) is 0.318. The molecule has 2 heteroatoms. The number of hydrogen-bond donors (Lipinski definition) is 2. The second-order valence-corrected chi connectivity index (χ2v) is 4.68. The summed E-state index contributed by atoms with van der Waals surface area (Å²) < 4.78 is 0. The van der Waals surface area contributed by atoms with Crippen molar-refractivity contribution in [1.82, 2.24) is 0 Å². The molecule has 2 nitrogen and oxygen atoms in total. The minimum atomic E-state index is 0.318. The molecule has 0 saturated heterocycles. The van der Waals surface area contributed by atoms with E-state index in [-0.39, 0.29) is 0 Å². The monoisotopic (exact) mass is 255 g/mol. The van der Waals surface area contributed by atoms with Crippen molar-refractivity contribution in [2.45, 2.75) is 33.2 Å². The van der Waals surface area contributed by atoms with Crippen LogP contribution >= 0.6 is 0 Å². The van der Waals surface area contributed by atoms with E-state index in [1.54, 1.807) is 12.1 Å². The van der Waals surface area contributed by atoms with Crippen molar-refractivity contribution in [3.8, 4) is 5.75 Å². The van der Waals surface area contributed by atoms with Gasteiger partial charge in [-0.3, -0.25) is 0 Å². The van der Waals surface area contributed by atoms with Crippen LogP contribution in [0.3, 0.4) is 0 Å². The van der Waals surface area contributed by atoms with Crippen molar-refractivity contribution in [1.29, 1.82) is 0 Å². The van der Waals surface area contributed by atoms with Gasteiger partial charge in [-0.25, -0.2) is 0 Å². The van der Waals surface area contributed by atoms with Crippen LogP contribution in [-0.2, 0) is 19.4 Å². The van der Waals surface area contributed by atoms with E-state index in [2.05, 4.69) is 37.4 Å². The Morgan fingerprint density at radius 1 is 0.947 bits per heavy atom. The molecule has 0 heterocycles. The number of hydrogen-bond acceptors (Lipinski definition) is 2. The lowest BCUT2D eigenvalue weighted by Crippen LogP contribution is -2.05. The van der Waals surface area contributed by atoms with E-state index in [4.69, 9.17) is 0 Å². The summed E-state index contributed by atoms with van der Waals surface area (Å²) in [6, 6.07) is 13.9. The van der Waals surface area contributed by atoms with E-state index in [1.807, 2.05) is 12.1 Å². The molecule has 2 rings (SSSR count). The number of benzene rings is 2. The van der Waals surface area contributed by atoms with Crippen molar-refractivity contribution in [2.24, 2.45) is 0 Å². The molecule has 0 fully saturated rings. The number of para-hydroxylation sites is 1. The molecule has 0 radical (unpaired) electrons. The fourth-order valence-corrected chi connectivity index (χ4v) is 2.33. The highest BCUT2D eigenvalue weighted by atomic mass is 16.3. The Hall–Kier alpha value is -1.96. The highest BCUT2D eigenvalue weighted by Gasteiger charge is 2.05. The largest absolute Gasteiger partial charge is 0.508 e. The van der Waals surface area contributed by atoms with Gasteiger partial charge in [0.1, 0.15) is 5.75 Å². The van der Waals surface area contributed by atoms with Gasteiger partial charge in [-0.1, -0.05) is 44.2 Å². The zero-order chi connectivity index (χ0) is 13.7. The highest BCUT2D eigenvalue weighted by Crippen LogP contribution is 2.23.